The van der Waals surface area contributed by atoms with Crippen molar-refractivity contribution in [2.24, 2.45) is 0 Å². The minimum atomic E-state index is -3.73. The van der Waals surface area contributed by atoms with E-state index in [2.05, 4.69) is 0 Å². The summed E-state index contributed by atoms with van der Waals surface area (Å²) >= 11 is 0. The van der Waals surface area contributed by atoms with E-state index in [1.165, 1.54) is 0 Å². The topological polar surface area (TPSA) is 60.4 Å². The maximum atomic E-state index is 14.0. The third kappa shape index (κ3) is 4.72. The van der Waals surface area contributed by atoms with Crippen LogP contribution in [0.25, 0.3) is 0 Å². The zero-order valence-electron chi connectivity index (χ0n) is 16.5. The minimum Gasteiger partial charge on any atom is -0.460 e. The third-order valence-corrected chi connectivity index (χ3v) is 7.51. The second-order valence-corrected chi connectivity index (χ2v) is 9.67. The Morgan fingerprint density at radius 3 is 1.93 bits per heavy atom. The van der Waals surface area contributed by atoms with Gasteiger partial charge in [0.1, 0.15) is 12.8 Å². The minimum absolute atomic E-state index is 0.0754. The van der Waals surface area contributed by atoms with Gasteiger partial charge in [-0.3, -0.25) is 9.59 Å². The van der Waals surface area contributed by atoms with E-state index in [9.17, 15) is 14.2 Å². The van der Waals surface area contributed by atoms with E-state index in [1.54, 1.807) is 30.3 Å². The molecule has 0 radical (unpaired) electrons. The number of carbonyl (C=O) groups excluding carboxylic acids is 2. The smallest absolute Gasteiger partial charge is 0.314 e. The number of aryl methyl sites for hydroxylation is 2. The summed E-state index contributed by atoms with van der Waals surface area (Å²) in [5.41, 5.74) is 2.22. The molecule has 148 valence electrons. The number of hydrogen-bond acceptors (Lipinski definition) is 4. The molecule has 0 fully saturated rings. The summed E-state index contributed by atoms with van der Waals surface area (Å²) in [7, 11) is -3.73. The van der Waals surface area contributed by atoms with Gasteiger partial charge in [0.05, 0.1) is 0 Å². The maximum Gasteiger partial charge on any atom is 0.314 e. The van der Waals surface area contributed by atoms with Gasteiger partial charge in [-0.05, 0) is 30.5 Å². The Morgan fingerprint density at radius 1 is 0.793 bits per heavy atom. The third-order valence-electron chi connectivity index (χ3n) is 4.79. The summed E-state index contributed by atoms with van der Waals surface area (Å²) in [6.07, 6.45) is -0.462. The second kappa shape index (κ2) is 9.02. The van der Waals surface area contributed by atoms with Gasteiger partial charge in [-0.25, -0.2) is 0 Å². The van der Waals surface area contributed by atoms with Gasteiger partial charge >= 0.3 is 5.97 Å². The number of carbonyl (C=O) groups is 2. The van der Waals surface area contributed by atoms with Crippen LogP contribution in [0.3, 0.4) is 0 Å². The standard InChI is InChI=1S/C24H23O4P/c1-18-10-9-11-19(2)23(18)24(26)29(27,21-14-7-4-8-15-21)17-22(25)28-16-20-12-5-3-6-13-20/h3-15H,16-17H2,1-2H3. The monoisotopic (exact) mass is 406 g/mol. The van der Waals surface area contributed by atoms with E-state index in [0.29, 0.717) is 10.9 Å². The molecule has 0 aliphatic rings. The van der Waals surface area contributed by atoms with Gasteiger partial charge in [0, 0.05) is 10.9 Å². The Hall–Kier alpha value is -2.97. The van der Waals surface area contributed by atoms with Gasteiger partial charge in [-0.1, -0.05) is 78.9 Å². The fraction of sp³-hybridized carbons (Fsp3) is 0.167. The number of rotatable bonds is 7. The second-order valence-electron chi connectivity index (χ2n) is 6.95. The van der Waals surface area contributed by atoms with Gasteiger partial charge in [0.25, 0.3) is 0 Å². The lowest BCUT2D eigenvalue weighted by Gasteiger charge is -2.19. The van der Waals surface area contributed by atoms with Crippen LogP contribution in [0.15, 0.2) is 78.9 Å². The van der Waals surface area contributed by atoms with Crippen LogP contribution >= 0.6 is 7.14 Å². The van der Waals surface area contributed by atoms with Crippen molar-refractivity contribution in [1.29, 1.82) is 0 Å². The van der Waals surface area contributed by atoms with Crippen molar-refractivity contribution in [1.82, 2.24) is 0 Å². The van der Waals surface area contributed by atoms with Gasteiger partial charge in [-0.2, -0.15) is 0 Å². The molecule has 0 heterocycles. The molecule has 1 unspecified atom stereocenters. The Kier molecular flexibility index (Phi) is 6.46. The molecule has 0 spiro atoms. The largest absolute Gasteiger partial charge is 0.460 e. The van der Waals surface area contributed by atoms with Crippen LogP contribution in [0.1, 0.15) is 27.0 Å². The zero-order chi connectivity index (χ0) is 20.9. The van der Waals surface area contributed by atoms with E-state index < -0.39 is 24.8 Å². The lowest BCUT2D eigenvalue weighted by Crippen LogP contribution is -2.22. The molecule has 0 amide bonds. The molecule has 4 nitrogen and oxygen atoms in total. The quantitative estimate of drug-likeness (QED) is 0.415. The molecule has 0 saturated carbocycles. The van der Waals surface area contributed by atoms with E-state index in [-0.39, 0.29) is 6.61 Å². The van der Waals surface area contributed by atoms with Crippen molar-refractivity contribution in [2.75, 3.05) is 6.16 Å². The van der Waals surface area contributed by atoms with Crippen LogP contribution in [-0.2, 0) is 20.7 Å². The van der Waals surface area contributed by atoms with Crippen molar-refractivity contribution in [3.8, 4) is 0 Å². The van der Waals surface area contributed by atoms with Crippen molar-refractivity contribution >= 4 is 23.9 Å². The Morgan fingerprint density at radius 2 is 1.34 bits per heavy atom. The molecule has 0 aromatic heterocycles. The first-order valence-corrected chi connectivity index (χ1v) is 11.3. The predicted molar refractivity (Wildman–Crippen MR) is 115 cm³/mol. The van der Waals surface area contributed by atoms with Crippen molar-refractivity contribution in [3.63, 3.8) is 0 Å². The molecule has 3 aromatic rings. The highest BCUT2D eigenvalue weighted by Gasteiger charge is 2.38. The van der Waals surface area contributed by atoms with Gasteiger partial charge in [0.2, 0.25) is 5.52 Å². The fourth-order valence-corrected chi connectivity index (χ4v) is 5.63. The van der Waals surface area contributed by atoms with Crippen LogP contribution in [0.5, 0.6) is 0 Å². The van der Waals surface area contributed by atoms with E-state index in [4.69, 9.17) is 4.74 Å². The molecular weight excluding hydrogens is 383 g/mol. The first-order chi connectivity index (χ1) is 13.9. The van der Waals surface area contributed by atoms with Gasteiger partial charge in [-0.15, -0.1) is 0 Å². The van der Waals surface area contributed by atoms with E-state index >= 15 is 0 Å². The van der Waals surface area contributed by atoms with Crippen LogP contribution in [0.4, 0.5) is 0 Å². The highest BCUT2D eigenvalue weighted by molar-refractivity contribution is 7.88. The summed E-state index contributed by atoms with van der Waals surface area (Å²) in [6.45, 7) is 3.69. The van der Waals surface area contributed by atoms with Crippen LogP contribution in [-0.4, -0.2) is 17.7 Å². The number of esters is 1. The maximum absolute atomic E-state index is 14.0. The number of ether oxygens (including phenoxy) is 1. The van der Waals surface area contributed by atoms with E-state index in [0.717, 1.165) is 16.7 Å². The predicted octanol–water partition coefficient (Wildman–Crippen LogP) is 4.88. The molecule has 3 rings (SSSR count). The lowest BCUT2D eigenvalue weighted by atomic mass is 10.0. The lowest BCUT2D eigenvalue weighted by molar-refractivity contribution is -0.141. The van der Waals surface area contributed by atoms with Crippen LogP contribution in [0, 0.1) is 13.8 Å². The average Bonchev–Trinajstić information content (AvgIpc) is 2.73. The Balaban J connectivity index is 1.91. The molecule has 5 heteroatoms. The highest BCUT2D eigenvalue weighted by atomic mass is 31.2. The molecule has 0 N–H and O–H groups in total. The van der Waals surface area contributed by atoms with Crippen molar-refractivity contribution in [3.05, 3.63) is 101 Å². The first kappa shape index (κ1) is 20.8. The normalized spacial score (nSPS) is 12.8. The molecule has 0 aliphatic heterocycles. The highest BCUT2D eigenvalue weighted by Crippen LogP contribution is 2.48. The molecule has 29 heavy (non-hydrogen) atoms. The molecule has 0 saturated heterocycles. The summed E-state index contributed by atoms with van der Waals surface area (Å²) in [6, 6.07) is 23.2. The van der Waals surface area contributed by atoms with Crippen molar-refractivity contribution in [2.45, 2.75) is 20.5 Å². The number of benzene rings is 3. The first-order valence-electron chi connectivity index (χ1n) is 9.37. The molecular formula is C24H23O4P. The molecule has 0 aliphatic carbocycles. The summed E-state index contributed by atoms with van der Waals surface area (Å²) in [4.78, 5) is 26.0. The summed E-state index contributed by atoms with van der Waals surface area (Å²) in [5.74, 6) is -0.652. The fourth-order valence-electron chi connectivity index (χ4n) is 3.25. The SMILES string of the molecule is Cc1cccc(C)c1C(=O)P(=O)(CC(=O)OCc1ccccc1)c1ccccc1. The average molecular weight is 406 g/mol. The Labute approximate surface area is 170 Å². The van der Waals surface area contributed by atoms with Crippen LogP contribution in [0.2, 0.25) is 0 Å². The summed E-state index contributed by atoms with van der Waals surface area (Å²) in [5, 5.41) is 0.365. The van der Waals surface area contributed by atoms with E-state index in [1.807, 2.05) is 62.4 Å². The molecule has 1 atom stereocenters. The summed E-state index contributed by atoms with van der Waals surface area (Å²) < 4.78 is 19.3. The van der Waals surface area contributed by atoms with Crippen LogP contribution < -0.4 is 5.30 Å². The molecule has 3 aromatic carbocycles. The Bertz CT molecular complexity index is 1040. The van der Waals surface area contributed by atoms with Gasteiger partial charge in [0.15, 0.2) is 7.14 Å². The zero-order valence-corrected chi connectivity index (χ0v) is 17.4. The van der Waals surface area contributed by atoms with Gasteiger partial charge < -0.3 is 9.30 Å². The van der Waals surface area contributed by atoms with Crippen molar-refractivity contribution < 1.29 is 18.9 Å². The molecule has 0 bridgehead atoms. The number of hydrogen-bond donors (Lipinski definition) is 0.